The van der Waals surface area contributed by atoms with Gasteiger partial charge in [-0.1, -0.05) is 12.1 Å². The van der Waals surface area contributed by atoms with Crippen LogP contribution in [0.5, 0.6) is 0 Å². The zero-order chi connectivity index (χ0) is 20.0. The summed E-state index contributed by atoms with van der Waals surface area (Å²) in [6, 6.07) is 6.67. The maximum Gasteiger partial charge on any atom is 0.226 e. The van der Waals surface area contributed by atoms with Crippen molar-refractivity contribution in [2.75, 3.05) is 26.4 Å². The Morgan fingerprint density at radius 3 is 2.93 bits per heavy atom. The third-order valence-corrected chi connectivity index (χ3v) is 6.24. The normalized spacial score (nSPS) is 17.2. The lowest BCUT2D eigenvalue weighted by Gasteiger charge is -2.38. The molecule has 7 heteroatoms. The molecule has 0 aliphatic carbocycles. The number of rotatable bonds is 8. The summed E-state index contributed by atoms with van der Waals surface area (Å²) in [4.78, 5) is 17.0. The molecule has 152 valence electrons. The van der Waals surface area contributed by atoms with Crippen LogP contribution in [0.3, 0.4) is 0 Å². The fourth-order valence-corrected chi connectivity index (χ4v) is 4.38. The van der Waals surface area contributed by atoms with E-state index < -0.39 is 0 Å². The first-order valence-corrected chi connectivity index (χ1v) is 10.6. The number of halogens is 1. The van der Waals surface area contributed by atoms with Crippen molar-refractivity contribution in [1.29, 1.82) is 0 Å². The highest BCUT2D eigenvalue weighted by Gasteiger charge is 2.35. The van der Waals surface area contributed by atoms with Crippen LogP contribution in [-0.2, 0) is 26.1 Å². The van der Waals surface area contributed by atoms with Gasteiger partial charge in [0.05, 0.1) is 12.1 Å². The highest BCUT2D eigenvalue weighted by atomic mass is 32.1. The molecular weight excluding hydrogens is 379 g/mol. The van der Waals surface area contributed by atoms with E-state index in [2.05, 4.69) is 10.3 Å². The summed E-state index contributed by atoms with van der Waals surface area (Å²) in [5, 5.41) is 5.82. The number of carbonyl (C=O) groups excluding carboxylic acids is 1. The minimum Gasteiger partial charge on any atom is -0.381 e. The predicted octanol–water partition coefficient (Wildman–Crippen LogP) is 3.79. The first-order chi connectivity index (χ1) is 13.5. The van der Waals surface area contributed by atoms with Crippen molar-refractivity contribution in [3.63, 3.8) is 0 Å². The van der Waals surface area contributed by atoms with Crippen molar-refractivity contribution in [2.24, 2.45) is 0 Å². The maximum absolute atomic E-state index is 13.8. The largest absolute Gasteiger partial charge is 0.381 e. The molecule has 1 amide bonds. The van der Waals surface area contributed by atoms with Crippen LogP contribution < -0.4 is 5.32 Å². The summed E-state index contributed by atoms with van der Waals surface area (Å²) in [5.74, 6) is -0.337. The Balaban J connectivity index is 1.63. The van der Waals surface area contributed by atoms with Crippen LogP contribution in [0, 0.1) is 5.82 Å². The average molecular weight is 407 g/mol. The smallest absolute Gasteiger partial charge is 0.226 e. The Bertz CT molecular complexity index is 789. The molecule has 3 rings (SSSR count). The number of thiazole rings is 1. The Hall–Kier alpha value is -1.83. The highest BCUT2D eigenvalue weighted by molar-refractivity contribution is 7.09. The van der Waals surface area contributed by atoms with Crippen molar-refractivity contribution >= 4 is 17.2 Å². The lowest BCUT2D eigenvalue weighted by molar-refractivity contribution is -0.121. The van der Waals surface area contributed by atoms with E-state index in [-0.39, 0.29) is 29.7 Å². The first kappa shape index (κ1) is 20.9. The van der Waals surface area contributed by atoms with Crippen LogP contribution >= 0.6 is 11.3 Å². The fraction of sp³-hybridized carbons (Fsp3) is 0.524. The number of benzene rings is 1. The van der Waals surface area contributed by atoms with Gasteiger partial charge in [0.25, 0.3) is 0 Å². The van der Waals surface area contributed by atoms with Crippen molar-refractivity contribution in [1.82, 2.24) is 10.3 Å². The van der Waals surface area contributed by atoms with Gasteiger partial charge in [-0.2, -0.15) is 0 Å². The third-order valence-electron chi connectivity index (χ3n) is 5.19. The molecule has 1 aromatic carbocycles. The molecule has 1 saturated heterocycles. The third kappa shape index (κ3) is 5.16. The second-order valence-corrected chi connectivity index (χ2v) is 8.02. The van der Waals surface area contributed by atoms with Crippen molar-refractivity contribution in [3.05, 3.63) is 51.7 Å². The molecule has 2 aromatic rings. The van der Waals surface area contributed by atoms with Crippen LogP contribution in [0.25, 0.3) is 0 Å². The van der Waals surface area contributed by atoms with Crippen molar-refractivity contribution in [2.45, 2.75) is 44.6 Å². The van der Waals surface area contributed by atoms with E-state index in [1.54, 1.807) is 12.1 Å². The number of carbonyl (C=O) groups is 1. The van der Waals surface area contributed by atoms with Crippen molar-refractivity contribution < 1.29 is 18.7 Å². The molecule has 5 nitrogen and oxygen atoms in total. The second kappa shape index (κ2) is 9.58. The molecule has 1 fully saturated rings. The van der Waals surface area contributed by atoms with E-state index in [1.807, 2.05) is 25.3 Å². The topological polar surface area (TPSA) is 60.5 Å². The van der Waals surface area contributed by atoms with Gasteiger partial charge in [-0.3, -0.25) is 4.79 Å². The molecule has 2 heterocycles. The minimum atomic E-state index is -0.299. The lowest BCUT2D eigenvalue weighted by Crippen LogP contribution is -2.45. The summed E-state index contributed by atoms with van der Waals surface area (Å²) in [6.07, 6.45) is 1.67. The molecule has 1 N–H and O–H groups in total. The van der Waals surface area contributed by atoms with E-state index in [4.69, 9.17) is 9.47 Å². The van der Waals surface area contributed by atoms with Crippen LogP contribution in [0.4, 0.5) is 4.39 Å². The van der Waals surface area contributed by atoms with Gasteiger partial charge in [-0.25, -0.2) is 9.37 Å². The van der Waals surface area contributed by atoms with Gasteiger partial charge in [0.2, 0.25) is 5.91 Å². The van der Waals surface area contributed by atoms with Crippen LogP contribution in [0.1, 0.15) is 49.1 Å². The van der Waals surface area contributed by atoms with Gasteiger partial charge < -0.3 is 14.8 Å². The van der Waals surface area contributed by atoms with Gasteiger partial charge in [-0.05, 0) is 44.4 Å². The number of amides is 1. The second-order valence-electron chi connectivity index (χ2n) is 7.13. The maximum atomic E-state index is 13.8. The molecule has 0 saturated carbocycles. The van der Waals surface area contributed by atoms with Gasteiger partial charge in [0.1, 0.15) is 16.9 Å². The molecule has 1 aliphatic heterocycles. The zero-order valence-corrected chi connectivity index (χ0v) is 17.2. The van der Waals surface area contributed by atoms with Gasteiger partial charge in [-0.15, -0.1) is 11.3 Å². The quantitative estimate of drug-likeness (QED) is 0.725. The van der Waals surface area contributed by atoms with E-state index in [9.17, 15) is 9.18 Å². The number of aromatic nitrogens is 1. The molecule has 1 aromatic heterocycles. The Morgan fingerprint density at radius 1 is 1.43 bits per heavy atom. The number of nitrogens with zero attached hydrogens (tertiary/aromatic N) is 1. The van der Waals surface area contributed by atoms with E-state index in [0.29, 0.717) is 26.4 Å². The Labute approximate surface area is 169 Å². The number of nitrogens with one attached hydrogen (secondary N) is 1. The Morgan fingerprint density at radius 2 is 2.21 bits per heavy atom. The lowest BCUT2D eigenvalue weighted by atomic mass is 9.74. The number of hydrogen-bond donors (Lipinski definition) is 1. The summed E-state index contributed by atoms with van der Waals surface area (Å²) in [7, 11) is 0. The standard InChI is InChI=1S/C21H27FN2O3S/c1-3-27-15(2)20-24-18(13-28-20)12-19(25)23-14-21(7-9-26-10-8-21)16-5-4-6-17(22)11-16/h4-6,11,13,15H,3,7-10,12,14H2,1-2H3,(H,23,25). The molecule has 28 heavy (non-hydrogen) atoms. The fourth-order valence-electron chi connectivity index (χ4n) is 3.55. The van der Waals surface area contributed by atoms with Crippen molar-refractivity contribution in [3.8, 4) is 0 Å². The van der Waals surface area contributed by atoms with Crippen LogP contribution in [-0.4, -0.2) is 37.3 Å². The molecule has 0 spiro atoms. The van der Waals surface area contributed by atoms with E-state index in [1.165, 1.54) is 17.4 Å². The van der Waals surface area contributed by atoms with Gasteiger partial charge >= 0.3 is 0 Å². The summed E-state index contributed by atoms with van der Waals surface area (Å²) < 4.78 is 24.8. The molecule has 0 radical (unpaired) electrons. The first-order valence-electron chi connectivity index (χ1n) is 9.69. The minimum absolute atomic E-state index is 0.0645. The van der Waals surface area contributed by atoms with E-state index >= 15 is 0 Å². The van der Waals surface area contributed by atoms with Gasteiger partial charge in [0, 0.05) is 37.2 Å². The molecule has 1 aliphatic rings. The Kier molecular flexibility index (Phi) is 7.15. The van der Waals surface area contributed by atoms with Gasteiger partial charge in [0.15, 0.2) is 0 Å². The molecular formula is C21H27FN2O3S. The SMILES string of the molecule is CCOC(C)c1nc(CC(=O)NCC2(c3cccc(F)c3)CCOCC2)cs1. The summed E-state index contributed by atoms with van der Waals surface area (Å²) in [5.41, 5.74) is 1.36. The average Bonchev–Trinajstić information content (AvgIpc) is 3.16. The summed E-state index contributed by atoms with van der Waals surface area (Å²) in [6.45, 7) is 6.21. The van der Waals surface area contributed by atoms with Crippen LogP contribution in [0.15, 0.2) is 29.6 Å². The molecule has 0 bridgehead atoms. The van der Waals surface area contributed by atoms with Crippen LogP contribution in [0.2, 0.25) is 0 Å². The number of hydrogen-bond acceptors (Lipinski definition) is 5. The summed E-state index contributed by atoms with van der Waals surface area (Å²) >= 11 is 1.51. The molecule has 1 unspecified atom stereocenters. The predicted molar refractivity (Wildman–Crippen MR) is 107 cm³/mol. The van der Waals surface area contributed by atoms with E-state index in [0.717, 1.165) is 29.1 Å². The zero-order valence-electron chi connectivity index (χ0n) is 16.4. The highest BCUT2D eigenvalue weighted by Crippen LogP contribution is 2.34. The molecule has 1 atom stereocenters. The number of ether oxygens (including phenoxy) is 2. The monoisotopic (exact) mass is 406 g/mol.